The fourth-order valence-corrected chi connectivity index (χ4v) is 6.95. The van der Waals surface area contributed by atoms with Gasteiger partial charge in [0.2, 0.25) is 0 Å². The van der Waals surface area contributed by atoms with E-state index < -0.39 is 11.7 Å². The van der Waals surface area contributed by atoms with E-state index in [1.807, 2.05) is 36.4 Å². The van der Waals surface area contributed by atoms with E-state index in [0.29, 0.717) is 18.8 Å². The lowest BCUT2D eigenvalue weighted by Gasteiger charge is -2.36. The predicted octanol–water partition coefficient (Wildman–Crippen LogP) is 8.12. The molecule has 0 aromatic heterocycles. The molecule has 1 saturated heterocycles. The van der Waals surface area contributed by atoms with Gasteiger partial charge in [-0.2, -0.15) is 13.2 Å². The number of nitrogens with zero attached hydrogens (tertiary/aromatic N) is 3. The number of alkyl halides is 3. The Kier molecular flexibility index (Phi) is 9.38. The van der Waals surface area contributed by atoms with Crippen LogP contribution >= 0.6 is 11.8 Å². The maximum atomic E-state index is 13.5. The van der Waals surface area contributed by atoms with Gasteiger partial charge in [-0.25, -0.2) is 0 Å². The Bertz CT molecular complexity index is 1440. The fraction of sp³-hybridized carbons (Fsp3) is 0.314. The van der Waals surface area contributed by atoms with Gasteiger partial charge in [-0.3, -0.25) is 4.90 Å². The van der Waals surface area contributed by atoms with E-state index in [-0.39, 0.29) is 6.10 Å². The summed E-state index contributed by atoms with van der Waals surface area (Å²) in [6, 6.07) is 32.8. The number of hydrogen-bond donors (Lipinski definition) is 0. The molecule has 0 unspecified atom stereocenters. The third kappa shape index (κ3) is 7.27. The number of ether oxygens (including phenoxy) is 1. The molecule has 1 fully saturated rings. The van der Waals surface area contributed by atoms with Gasteiger partial charge in [0.15, 0.2) is 0 Å². The summed E-state index contributed by atoms with van der Waals surface area (Å²) in [7, 11) is 0. The third-order valence-corrected chi connectivity index (χ3v) is 9.30. The molecule has 0 radical (unpaired) electrons. The highest BCUT2D eigenvalue weighted by atomic mass is 32.2. The summed E-state index contributed by atoms with van der Waals surface area (Å²) in [6.07, 6.45) is -3.58. The van der Waals surface area contributed by atoms with Gasteiger partial charge in [0.25, 0.3) is 0 Å². The average molecular weight is 604 g/mol. The molecule has 8 heteroatoms. The minimum Gasteiger partial charge on any atom is -0.367 e. The zero-order valence-corrected chi connectivity index (χ0v) is 24.9. The molecule has 0 amide bonds. The van der Waals surface area contributed by atoms with Crippen molar-refractivity contribution in [2.45, 2.75) is 28.5 Å². The van der Waals surface area contributed by atoms with Crippen molar-refractivity contribution in [3.8, 4) is 0 Å². The molecule has 4 aromatic rings. The highest BCUT2D eigenvalue weighted by Gasteiger charge is 2.33. The molecule has 0 saturated carbocycles. The molecule has 6 rings (SSSR count). The van der Waals surface area contributed by atoms with Crippen molar-refractivity contribution in [1.29, 1.82) is 0 Å². The average Bonchev–Trinajstić information content (AvgIpc) is 3.03. The first-order valence-corrected chi connectivity index (χ1v) is 15.7. The van der Waals surface area contributed by atoms with Gasteiger partial charge >= 0.3 is 6.18 Å². The summed E-state index contributed by atoms with van der Waals surface area (Å²) >= 11 is 1.54. The van der Waals surface area contributed by atoms with Gasteiger partial charge in [0.1, 0.15) is 6.10 Å². The molecule has 0 bridgehead atoms. The highest BCUT2D eigenvalue weighted by molar-refractivity contribution is 7.99. The Labute approximate surface area is 256 Å². The van der Waals surface area contributed by atoms with Crippen LogP contribution in [0.5, 0.6) is 0 Å². The summed E-state index contributed by atoms with van der Waals surface area (Å²) in [5.74, 6) is 0. The van der Waals surface area contributed by atoms with Crippen LogP contribution in [0, 0.1) is 0 Å². The maximum absolute atomic E-state index is 13.5. The van der Waals surface area contributed by atoms with Gasteiger partial charge in [0.05, 0.1) is 23.5 Å². The van der Waals surface area contributed by atoms with E-state index >= 15 is 0 Å². The van der Waals surface area contributed by atoms with Crippen LogP contribution in [0.4, 0.5) is 24.5 Å². The van der Waals surface area contributed by atoms with E-state index in [0.717, 1.165) is 72.3 Å². The van der Waals surface area contributed by atoms with Gasteiger partial charge in [0, 0.05) is 49.1 Å². The highest BCUT2D eigenvalue weighted by Crippen LogP contribution is 2.49. The van der Waals surface area contributed by atoms with E-state index in [1.54, 1.807) is 6.07 Å². The molecule has 0 atom stereocenters. The van der Waals surface area contributed by atoms with Gasteiger partial charge < -0.3 is 14.5 Å². The van der Waals surface area contributed by atoms with Gasteiger partial charge in [-0.15, -0.1) is 0 Å². The van der Waals surface area contributed by atoms with Crippen molar-refractivity contribution in [2.75, 3.05) is 57.3 Å². The second kappa shape index (κ2) is 13.6. The molecule has 0 N–H and O–H groups in total. The number of halogens is 3. The third-order valence-electron chi connectivity index (χ3n) is 8.17. The molecule has 4 aromatic carbocycles. The van der Waals surface area contributed by atoms with Crippen molar-refractivity contribution >= 4 is 23.1 Å². The van der Waals surface area contributed by atoms with Gasteiger partial charge in [-0.1, -0.05) is 84.6 Å². The number of piperazine rings is 1. The lowest BCUT2D eigenvalue weighted by Crippen LogP contribution is -2.47. The van der Waals surface area contributed by atoms with E-state index in [9.17, 15) is 13.2 Å². The second-order valence-corrected chi connectivity index (χ2v) is 12.1. The summed E-state index contributed by atoms with van der Waals surface area (Å²) < 4.78 is 47.0. The number of para-hydroxylation sites is 1. The quantitative estimate of drug-likeness (QED) is 0.182. The first-order valence-electron chi connectivity index (χ1n) is 14.9. The minimum atomic E-state index is -4.36. The SMILES string of the molecule is FC(F)(F)c1ccc2c(c1)N(CCCN1CCN(CCOC(c3ccccc3)c3ccccc3)CC1)c1ccccc1S2. The first-order chi connectivity index (χ1) is 21.0. The normalized spacial score (nSPS) is 15.9. The van der Waals surface area contributed by atoms with Crippen molar-refractivity contribution in [1.82, 2.24) is 9.80 Å². The smallest absolute Gasteiger partial charge is 0.367 e. The van der Waals surface area contributed by atoms with Crippen molar-refractivity contribution in [3.05, 3.63) is 120 Å². The Balaban J connectivity index is 1.00. The van der Waals surface area contributed by atoms with E-state index in [1.165, 1.54) is 23.9 Å². The summed E-state index contributed by atoms with van der Waals surface area (Å²) in [5.41, 5.74) is 3.34. The van der Waals surface area contributed by atoms with Crippen molar-refractivity contribution in [2.24, 2.45) is 0 Å². The molecule has 2 heterocycles. The number of rotatable bonds is 10. The Morgan fingerprint density at radius 2 is 1.23 bits per heavy atom. The minimum absolute atomic E-state index is 0.0839. The zero-order valence-electron chi connectivity index (χ0n) is 24.0. The largest absolute Gasteiger partial charge is 0.416 e. The van der Waals surface area contributed by atoms with Crippen LogP contribution in [-0.2, 0) is 10.9 Å². The standard InChI is InChI=1S/C35H36F3N3OS/c36-35(37,38)29-16-17-33-31(26-29)41(30-14-7-8-15-32(30)43-33)19-9-18-39-20-22-40(23-21-39)24-25-42-34(27-10-3-1-4-11-27)28-12-5-2-6-13-28/h1-8,10-17,26,34H,9,18-25H2. The lowest BCUT2D eigenvalue weighted by molar-refractivity contribution is -0.137. The number of benzene rings is 4. The summed E-state index contributed by atoms with van der Waals surface area (Å²) in [4.78, 5) is 8.93. The molecular formula is C35H36F3N3OS. The Morgan fingerprint density at radius 1 is 0.651 bits per heavy atom. The molecule has 224 valence electrons. The van der Waals surface area contributed by atoms with Crippen LogP contribution < -0.4 is 4.90 Å². The maximum Gasteiger partial charge on any atom is 0.416 e. The second-order valence-electron chi connectivity index (χ2n) is 11.0. The molecular weight excluding hydrogens is 567 g/mol. The molecule has 43 heavy (non-hydrogen) atoms. The van der Waals surface area contributed by atoms with Crippen LogP contribution in [0.15, 0.2) is 113 Å². The fourth-order valence-electron chi connectivity index (χ4n) is 5.88. The van der Waals surface area contributed by atoms with Crippen LogP contribution in [-0.4, -0.2) is 62.2 Å². The zero-order chi connectivity index (χ0) is 29.6. The number of hydrogen-bond acceptors (Lipinski definition) is 5. The summed E-state index contributed by atoms with van der Waals surface area (Å²) in [5, 5.41) is 0. The summed E-state index contributed by atoms with van der Waals surface area (Å²) in [6.45, 7) is 7.01. The van der Waals surface area contributed by atoms with E-state index in [4.69, 9.17) is 4.74 Å². The lowest BCUT2D eigenvalue weighted by atomic mass is 10.0. The number of fused-ring (bicyclic) bond motifs is 2. The molecule has 2 aliphatic heterocycles. The monoisotopic (exact) mass is 603 g/mol. The molecule has 0 spiro atoms. The van der Waals surface area contributed by atoms with Gasteiger partial charge in [-0.05, 0) is 54.4 Å². The molecule has 4 nitrogen and oxygen atoms in total. The number of anilines is 2. The van der Waals surface area contributed by atoms with Crippen LogP contribution in [0.2, 0.25) is 0 Å². The van der Waals surface area contributed by atoms with Crippen molar-refractivity contribution < 1.29 is 17.9 Å². The molecule has 2 aliphatic rings. The molecule has 0 aliphatic carbocycles. The van der Waals surface area contributed by atoms with Crippen LogP contribution in [0.3, 0.4) is 0 Å². The van der Waals surface area contributed by atoms with E-state index in [2.05, 4.69) is 63.2 Å². The Morgan fingerprint density at radius 3 is 1.88 bits per heavy atom. The first kappa shape index (κ1) is 29.8. The van der Waals surface area contributed by atoms with Crippen LogP contribution in [0.25, 0.3) is 0 Å². The topological polar surface area (TPSA) is 19.0 Å². The van der Waals surface area contributed by atoms with Crippen LogP contribution in [0.1, 0.15) is 29.2 Å². The Hall–Kier alpha value is -3.30. The predicted molar refractivity (Wildman–Crippen MR) is 167 cm³/mol. The van der Waals surface area contributed by atoms with Crippen molar-refractivity contribution in [3.63, 3.8) is 0 Å².